The summed E-state index contributed by atoms with van der Waals surface area (Å²) in [6.45, 7) is 4.57. The summed E-state index contributed by atoms with van der Waals surface area (Å²) in [5.41, 5.74) is 0.576. The van der Waals surface area contributed by atoms with E-state index in [1.165, 1.54) is 18.2 Å². The number of ether oxygens (including phenoxy) is 3. The van der Waals surface area contributed by atoms with Crippen LogP contribution in [-0.2, 0) is 4.79 Å². The second-order valence-electron chi connectivity index (χ2n) is 6.85. The lowest BCUT2D eigenvalue weighted by Gasteiger charge is -2.25. The minimum Gasteiger partial charge on any atom is -0.486 e. The Morgan fingerprint density at radius 1 is 1.21 bits per heavy atom. The van der Waals surface area contributed by atoms with Gasteiger partial charge in [0.05, 0.1) is 11.0 Å². The Balaban J connectivity index is 1.69. The van der Waals surface area contributed by atoms with Crippen molar-refractivity contribution in [2.45, 2.75) is 19.9 Å². The first-order chi connectivity index (χ1) is 13.8. The van der Waals surface area contributed by atoms with Crippen molar-refractivity contribution in [1.82, 2.24) is 5.32 Å². The predicted octanol–water partition coefficient (Wildman–Crippen LogP) is 3.91. The number of nitro benzene ring substituents is 1. The van der Waals surface area contributed by atoms with E-state index in [1.54, 1.807) is 0 Å². The van der Waals surface area contributed by atoms with Crippen LogP contribution in [0.2, 0.25) is 5.02 Å². The van der Waals surface area contributed by atoms with Crippen molar-refractivity contribution < 1.29 is 23.9 Å². The summed E-state index contributed by atoms with van der Waals surface area (Å²) < 4.78 is 16.5. The molecule has 1 heterocycles. The predicted molar refractivity (Wildman–Crippen MR) is 107 cm³/mol. The molecule has 0 saturated heterocycles. The second kappa shape index (κ2) is 9.00. The van der Waals surface area contributed by atoms with Crippen molar-refractivity contribution in [3.63, 3.8) is 0 Å². The standard InChI is InChI=1S/C20H21ClN2O6/c1-12(2)20(13-3-5-17-18(9-13)28-8-7-27-17)22-19(24)11-29-16-6-4-14(21)10-15(16)23(25)26/h3-6,9-10,12,20H,7-8,11H2,1-2H3,(H,22,24)/t20-/m1/s1. The van der Waals surface area contributed by atoms with Gasteiger partial charge in [-0.05, 0) is 35.7 Å². The molecule has 0 aliphatic carbocycles. The van der Waals surface area contributed by atoms with E-state index in [0.29, 0.717) is 24.7 Å². The highest BCUT2D eigenvalue weighted by Crippen LogP contribution is 2.34. The maximum absolute atomic E-state index is 12.5. The third-order valence-electron chi connectivity index (χ3n) is 4.38. The third kappa shape index (κ3) is 5.08. The van der Waals surface area contributed by atoms with Crippen LogP contribution in [0.25, 0.3) is 0 Å². The largest absolute Gasteiger partial charge is 0.486 e. The van der Waals surface area contributed by atoms with Gasteiger partial charge in [0.25, 0.3) is 5.91 Å². The molecule has 0 spiro atoms. The molecule has 154 valence electrons. The Bertz CT molecular complexity index is 918. The Labute approximate surface area is 172 Å². The Morgan fingerprint density at radius 2 is 1.93 bits per heavy atom. The van der Waals surface area contributed by atoms with Crippen molar-refractivity contribution in [2.75, 3.05) is 19.8 Å². The SMILES string of the molecule is CC(C)[C@@H](NC(=O)COc1ccc(Cl)cc1[N+](=O)[O-])c1ccc2c(c1)OCCO2. The zero-order valence-electron chi connectivity index (χ0n) is 16.0. The van der Waals surface area contributed by atoms with E-state index in [-0.39, 0.29) is 35.0 Å². The maximum Gasteiger partial charge on any atom is 0.312 e. The number of nitro groups is 1. The van der Waals surface area contributed by atoms with Crippen LogP contribution in [0.3, 0.4) is 0 Å². The molecule has 2 aromatic rings. The van der Waals surface area contributed by atoms with Crippen LogP contribution in [0.1, 0.15) is 25.5 Å². The summed E-state index contributed by atoms with van der Waals surface area (Å²) in [5.74, 6) is 0.984. The monoisotopic (exact) mass is 420 g/mol. The van der Waals surface area contributed by atoms with Gasteiger partial charge in [-0.2, -0.15) is 0 Å². The number of halogens is 1. The summed E-state index contributed by atoms with van der Waals surface area (Å²) in [6.07, 6.45) is 0. The summed E-state index contributed by atoms with van der Waals surface area (Å²) in [7, 11) is 0. The Kier molecular flexibility index (Phi) is 6.43. The number of nitrogens with zero attached hydrogens (tertiary/aromatic N) is 1. The van der Waals surface area contributed by atoms with Crippen molar-refractivity contribution in [2.24, 2.45) is 5.92 Å². The first-order valence-electron chi connectivity index (χ1n) is 9.11. The molecule has 0 radical (unpaired) electrons. The number of rotatable bonds is 7. The van der Waals surface area contributed by atoms with Crippen molar-refractivity contribution in [3.05, 3.63) is 57.1 Å². The van der Waals surface area contributed by atoms with Crippen LogP contribution < -0.4 is 19.5 Å². The lowest BCUT2D eigenvalue weighted by molar-refractivity contribution is -0.385. The maximum atomic E-state index is 12.5. The van der Waals surface area contributed by atoms with Gasteiger partial charge in [0, 0.05) is 11.1 Å². The summed E-state index contributed by atoms with van der Waals surface area (Å²) in [4.78, 5) is 23.0. The molecule has 2 aromatic carbocycles. The molecule has 8 nitrogen and oxygen atoms in total. The average molecular weight is 421 g/mol. The zero-order valence-corrected chi connectivity index (χ0v) is 16.8. The fourth-order valence-corrected chi connectivity index (χ4v) is 3.17. The molecule has 1 aliphatic rings. The molecule has 1 amide bonds. The highest BCUT2D eigenvalue weighted by Gasteiger charge is 2.23. The molecular formula is C20H21ClN2O6. The topological polar surface area (TPSA) is 99.9 Å². The molecule has 0 unspecified atom stereocenters. The van der Waals surface area contributed by atoms with E-state index >= 15 is 0 Å². The smallest absolute Gasteiger partial charge is 0.312 e. The van der Waals surface area contributed by atoms with Gasteiger partial charge in [0.2, 0.25) is 0 Å². The molecular weight excluding hydrogens is 400 g/mol. The van der Waals surface area contributed by atoms with Gasteiger partial charge in [0.15, 0.2) is 23.9 Å². The molecule has 1 atom stereocenters. The Hall–Kier alpha value is -3.00. The molecule has 1 N–H and O–H groups in total. The van der Waals surface area contributed by atoms with Crippen LogP contribution in [0, 0.1) is 16.0 Å². The van der Waals surface area contributed by atoms with E-state index < -0.39 is 10.8 Å². The number of amides is 1. The number of hydrogen-bond donors (Lipinski definition) is 1. The van der Waals surface area contributed by atoms with E-state index in [4.69, 9.17) is 25.8 Å². The van der Waals surface area contributed by atoms with Crippen LogP contribution in [-0.4, -0.2) is 30.7 Å². The van der Waals surface area contributed by atoms with Crippen LogP contribution in [0.4, 0.5) is 5.69 Å². The van der Waals surface area contributed by atoms with Gasteiger partial charge < -0.3 is 19.5 Å². The van der Waals surface area contributed by atoms with Crippen molar-refractivity contribution in [3.8, 4) is 17.2 Å². The number of carbonyl (C=O) groups excluding carboxylic acids is 1. The summed E-state index contributed by atoms with van der Waals surface area (Å²) in [5, 5.41) is 14.3. The second-order valence-corrected chi connectivity index (χ2v) is 7.29. The minimum atomic E-state index is -0.606. The van der Waals surface area contributed by atoms with Gasteiger partial charge in [0.1, 0.15) is 13.2 Å². The molecule has 9 heteroatoms. The molecule has 0 saturated carbocycles. The fraction of sp³-hybridized carbons (Fsp3) is 0.350. The van der Waals surface area contributed by atoms with Gasteiger partial charge in [-0.15, -0.1) is 0 Å². The van der Waals surface area contributed by atoms with E-state index in [0.717, 1.165) is 5.56 Å². The van der Waals surface area contributed by atoms with Gasteiger partial charge in [-0.25, -0.2) is 0 Å². The zero-order chi connectivity index (χ0) is 21.0. The minimum absolute atomic E-state index is 0.0185. The Morgan fingerprint density at radius 3 is 2.62 bits per heavy atom. The lowest BCUT2D eigenvalue weighted by Crippen LogP contribution is -2.35. The quantitative estimate of drug-likeness (QED) is 0.538. The molecule has 3 rings (SSSR count). The van der Waals surface area contributed by atoms with Crippen molar-refractivity contribution in [1.29, 1.82) is 0 Å². The van der Waals surface area contributed by atoms with Gasteiger partial charge in [-0.3, -0.25) is 14.9 Å². The first-order valence-corrected chi connectivity index (χ1v) is 9.48. The highest BCUT2D eigenvalue weighted by atomic mass is 35.5. The molecule has 1 aliphatic heterocycles. The highest BCUT2D eigenvalue weighted by molar-refractivity contribution is 6.30. The molecule has 0 aromatic heterocycles. The normalized spacial score (nSPS) is 13.7. The third-order valence-corrected chi connectivity index (χ3v) is 4.62. The number of benzene rings is 2. The molecule has 29 heavy (non-hydrogen) atoms. The van der Waals surface area contributed by atoms with Crippen LogP contribution in [0.15, 0.2) is 36.4 Å². The van der Waals surface area contributed by atoms with Gasteiger partial charge >= 0.3 is 5.69 Å². The van der Waals surface area contributed by atoms with E-state index in [9.17, 15) is 14.9 Å². The molecule has 0 bridgehead atoms. The van der Waals surface area contributed by atoms with Gasteiger partial charge in [-0.1, -0.05) is 31.5 Å². The van der Waals surface area contributed by atoms with E-state index in [1.807, 2.05) is 32.0 Å². The lowest BCUT2D eigenvalue weighted by atomic mass is 9.95. The number of fused-ring (bicyclic) bond motifs is 1. The van der Waals surface area contributed by atoms with Crippen molar-refractivity contribution >= 4 is 23.2 Å². The summed E-state index contributed by atoms with van der Waals surface area (Å²) in [6, 6.07) is 9.28. The average Bonchev–Trinajstić information content (AvgIpc) is 2.70. The number of nitrogens with one attached hydrogen (secondary N) is 1. The van der Waals surface area contributed by atoms with E-state index in [2.05, 4.69) is 5.32 Å². The van der Waals surface area contributed by atoms with Crippen LogP contribution in [0.5, 0.6) is 17.2 Å². The number of hydrogen-bond acceptors (Lipinski definition) is 6. The first kappa shape index (κ1) is 20.7. The molecule has 0 fully saturated rings. The van der Waals surface area contributed by atoms with Crippen LogP contribution >= 0.6 is 11.6 Å². The number of carbonyl (C=O) groups is 1. The summed E-state index contributed by atoms with van der Waals surface area (Å²) >= 11 is 5.79. The fourth-order valence-electron chi connectivity index (χ4n) is 3.00.